The summed E-state index contributed by atoms with van der Waals surface area (Å²) in [5, 5.41) is 0. The minimum atomic E-state index is -0.107. The quantitative estimate of drug-likeness (QED) is 0.863. The molecular weight excluding hydrogens is 288 g/mol. The summed E-state index contributed by atoms with van der Waals surface area (Å²) < 4.78 is 0. The molecule has 0 bridgehead atoms. The fraction of sp³-hybridized carbons (Fsp3) is 0.611. The summed E-state index contributed by atoms with van der Waals surface area (Å²) in [7, 11) is 5.65. The lowest BCUT2D eigenvalue weighted by Gasteiger charge is -2.30. The highest BCUT2D eigenvalue weighted by atomic mass is 16.2. The van der Waals surface area contributed by atoms with Gasteiger partial charge in [-0.3, -0.25) is 15.1 Å². The van der Waals surface area contributed by atoms with Crippen molar-refractivity contribution < 1.29 is 4.79 Å². The molecule has 2 rings (SSSR count). The van der Waals surface area contributed by atoms with Gasteiger partial charge in [0, 0.05) is 33.1 Å². The second kappa shape index (κ2) is 7.43. The molecule has 0 aliphatic carbocycles. The summed E-state index contributed by atoms with van der Waals surface area (Å²) in [5.41, 5.74) is 10.6. The highest BCUT2D eigenvalue weighted by Gasteiger charge is 2.32. The first-order valence-corrected chi connectivity index (χ1v) is 8.28. The molecule has 2 N–H and O–H groups in total. The van der Waals surface area contributed by atoms with Gasteiger partial charge in [0.15, 0.2) is 0 Å². The number of hydrogen-bond donors (Lipinski definition) is 2. The van der Waals surface area contributed by atoms with Crippen molar-refractivity contribution in [3.8, 4) is 0 Å². The molecule has 0 saturated carbocycles. The number of hydrazine groups is 1. The van der Waals surface area contributed by atoms with Crippen molar-refractivity contribution >= 4 is 5.91 Å². The molecule has 1 heterocycles. The number of carbonyl (C=O) groups excluding carboxylic acids is 1. The minimum Gasteiger partial charge on any atom is -0.347 e. The van der Waals surface area contributed by atoms with Crippen molar-refractivity contribution in [2.45, 2.75) is 32.9 Å². The van der Waals surface area contributed by atoms with Gasteiger partial charge in [0.05, 0.1) is 12.1 Å². The van der Waals surface area contributed by atoms with Crippen LogP contribution >= 0.6 is 0 Å². The lowest BCUT2D eigenvalue weighted by Crippen LogP contribution is -2.45. The van der Waals surface area contributed by atoms with Crippen LogP contribution < -0.4 is 10.9 Å². The van der Waals surface area contributed by atoms with Gasteiger partial charge < -0.3 is 4.90 Å². The summed E-state index contributed by atoms with van der Waals surface area (Å²) in [6.45, 7) is 8.05. The maximum atomic E-state index is 12.2. The molecule has 23 heavy (non-hydrogen) atoms. The molecule has 1 aromatic carbocycles. The molecule has 1 fully saturated rings. The van der Waals surface area contributed by atoms with E-state index in [-0.39, 0.29) is 18.0 Å². The molecule has 1 saturated heterocycles. The largest absolute Gasteiger partial charge is 0.347 e. The van der Waals surface area contributed by atoms with Gasteiger partial charge >= 0.3 is 0 Å². The molecule has 0 aromatic heterocycles. The fourth-order valence-electron chi connectivity index (χ4n) is 3.22. The Balaban J connectivity index is 2.10. The summed E-state index contributed by atoms with van der Waals surface area (Å²) in [5.74, 6) is 0.576. The Labute approximate surface area is 140 Å². The van der Waals surface area contributed by atoms with E-state index in [1.807, 2.05) is 28.1 Å². The molecule has 1 aromatic rings. The summed E-state index contributed by atoms with van der Waals surface area (Å²) in [6.07, 6.45) is 0. The molecule has 1 aliphatic heterocycles. The van der Waals surface area contributed by atoms with Crippen molar-refractivity contribution in [1.82, 2.24) is 20.7 Å². The van der Waals surface area contributed by atoms with E-state index in [2.05, 4.69) is 47.8 Å². The molecule has 3 atom stereocenters. The van der Waals surface area contributed by atoms with Crippen LogP contribution in [0.15, 0.2) is 18.2 Å². The van der Waals surface area contributed by atoms with E-state index >= 15 is 0 Å². The van der Waals surface area contributed by atoms with Gasteiger partial charge in [0.2, 0.25) is 5.91 Å². The maximum absolute atomic E-state index is 12.2. The van der Waals surface area contributed by atoms with Gasteiger partial charge in [-0.2, -0.15) is 0 Å². The van der Waals surface area contributed by atoms with Crippen LogP contribution in [0.1, 0.15) is 29.7 Å². The van der Waals surface area contributed by atoms with Crippen LogP contribution in [-0.2, 0) is 4.79 Å². The molecule has 1 amide bonds. The Morgan fingerprint density at radius 2 is 2.00 bits per heavy atom. The summed E-state index contributed by atoms with van der Waals surface area (Å²) >= 11 is 0. The summed E-state index contributed by atoms with van der Waals surface area (Å²) in [4.78, 5) is 16.0. The van der Waals surface area contributed by atoms with Crippen molar-refractivity contribution in [2.24, 2.45) is 5.92 Å². The van der Waals surface area contributed by atoms with E-state index in [1.54, 1.807) is 4.90 Å². The molecule has 0 radical (unpaired) electrons. The lowest BCUT2D eigenvalue weighted by atomic mass is 9.90. The van der Waals surface area contributed by atoms with Crippen LogP contribution in [0.3, 0.4) is 0 Å². The van der Waals surface area contributed by atoms with Gasteiger partial charge in [-0.25, -0.2) is 5.43 Å². The highest BCUT2D eigenvalue weighted by Crippen LogP contribution is 2.29. The molecule has 1 aliphatic rings. The van der Waals surface area contributed by atoms with Crippen LogP contribution in [0.2, 0.25) is 0 Å². The Morgan fingerprint density at radius 3 is 2.65 bits per heavy atom. The molecule has 3 unspecified atom stereocenters. The molecule has 5 nitrogen and oxygen atoms in total. The second-order valence-corrected chi connectivity index (χ2v) is 6.97. The first-order valence-electron chi connectivity index (χ1n) is 8.28. The number of nitrogens with one attached hydrogen (secondary N) is 2. The SMILES string of the molecule is Cc1ccc(C)c(C2NNCC2CN(C)C(C)C(=O)N(C)C)c1. The van der Waals surface area contributed by atoms with E-state index in [0.717, 1.165) is 13.1 Å². The number of benzene rings is 1. The van der Waals surface area contributed by atoms with E-state index in [4.69, 9.17) is 0 Å². The number of aryl methyl sites for hydroxylation is 2. The van der Waals surface area contributed by atoms with Crippen LogP contribution in [0.5, 0.6) is 0 Å². The zero-order chi connectivity index (χ0) is 17.1. The minimum absolute atomic E-state index is 0.107. The Morgan fingerprint density at radius 1 is 1.30 bits per heavy atom. The van der Waals surface area contributed by atoms with Gasteiger partial charge in [0.25, 0.3) is 0 Å². The van der Waals surface area contributed by atoms with Crippen molar-refractivity contribution in [3.63, 3.8) is 0 Å². The van der Waals surface area contributed by atoms with Crippen LogP contribution in [0.25, 0.3) is 0 Å². The van der Waals surface area contributed by atoms with E-state index in [0.29, 0.717) is 5.92 Å². The van der Waals surface area contributed by atoms with Gasteiger partial charge in [-0.1, -0.05) is 23.8 Å². The average Bonchev–Trinajstić information content (AvgIpc) is 2.95. The Hall–Kier alpha value is -1.43. The van der Waals surface area contributed by atoms with Crippen LogP contribution in [-0.4, -0.2) is 56.0 Å². The van der Waals surface area contributed by atoms with Gasteiger partial charge in [-0.15, -0.1) is 0 Å². The van der Waals surface area contributed by atoms with E-state index in [1.165, 1.54) is 16.7 Å². The van der Waals surface area contributed by atoms with Crippen molar-refractivity contribution in [3.05, 3.63) is 34.9 Å². The topological polar surface area (TPSA) is 47.6 Å². The zero-order valence-electron chi connectivity index (χ0n) is 15.2. The third-order valence-electron chi connectivity index (χ3n) is 4.84. The third kappa shape index (κ3) is 4.10. The highest BCUT2D eigenvalue weighted by molar-refractivity contribution is 5.80. The number of rotatable bonds is 5. The van der Waals surface area contributed by atoms with Crippen LogP contribution in [0.4, 0.5) is 0 Å². The average molecular weight is 318 g/mol. The fourth-order valence-corrected chi connectivity index (χ4v) is 3.22. The van der Waals surface area contributed by atoms with Gasteiger partial charge in [0.1, 0.15) is 0 Å². The number of carbonyl (C=O) groups is 1. The summed E-state index contributed by atoms with van der Waals surface area (Å²) in [6, 6.07) is 6.77. The van der Waals surface area contributed by atoms with Gasteiger partial charge in [-0.05, 0) is 38.9 Å². The standard InChI is InChI=1S/C18H30N4O/c1-12-7-8-13(2)16(9-12)17-15(10-19-20-17)11-22(6)14(3)18(23)21(4)5/h7-9,14-15,17,19-20H,10-11H2,1-6H3. The molecule has 128 valence electrons. The number of nitrogens with zero attached hydrogens (tertiary/aromatic N) is 2. The zero-order valence-corrected chi connectivity index (χ0v) is 15.2. The van der Waals surface area contributed by atoms with E-state index in [9.17, 15) is 4.79 Å². The normalized spacial score (nSPS) is 22.4. The van der Waals surface area contributed by atoms with Crippen molar-refractivity contribution in [1.29, 1.82) is 0 Å². The second-order valence-electron chi connectivity index (χ2n) is 6.97. The smallest absolute Gasteiger partial charge is 0.239 e. The number of likely N-dealkylation sites (N-methyl/N-ethyl adjacent to an activating group) is 2. The maximum Gasteiger partial charge on any atom is 0.239 e. The first kappa shape index (κ1) is 17.9. The third-order valence-corrected chi connectivity index (χ3v) is 4.84. The molecular formula is C18H30N4O. The number of hydrogen-bond acceptors (Lipinski definition) is 4. The van der Waals surface area contributed by atoms with Crippen LogP contribution in [0, 0.1) is 19.8 Å². The predicted octanol–water partition coefficient (Wildman–Crippen LogP) is 1.48. The lowest BCUT2D eigenvalue weighted by molar-refractivity contribution is -0.133. The predicted molar refractivity (Wildman–Crippen MR) is 94.1 cm³/mol. The molecule has 5 heteroatoms. The molecule has 0 spiro atoms. The Bertz CT molecular complexity index is 558. The van der Waals surface area contributed by atoms with Crippen molar-refractivity contribution in [2.75, 3.05) is 34.2 Å². The Kier molecular flexibility index (Phi) is 5.79. The number of amides is 1. The van der Waals surface area contributed by atoms with E-state index < -0.39 is 0 Å². The monoisotopic (exact) mass is 318 g/mol. The first-order chi connectivity index (χ1) is 10.8.